The quantitative estimate of drug-likeness (QED) is 0.594. The number of anilines is 1. The Hall–Kier alpha value is -2.64. The monoisotopic (exact) mass is 400 g/mol. The fourth-order valence-electron chi connectivity index (χ4n) is 2.30. The Morgan fingerprint density at radius 1 is 1.22 bits per heavy atom. The van der Waals surface area contributed by atoms with Crippen LogP contribution in [0.1, 0.15) is 17.5 Å². The summed E-state index contributed by atoms with van der Waals surface area (Å²) in [5, 5.41) is 13.9. The average Bonchev–Trinajstić information content (AvgIpc) is 2.98. The Balaban J connectivity index is 1.54. The lowest BCUT2D eigenvalue weighted by atomic mass is 10.2. The van der Waals surface area contributed by atoms with Gasteiger partial charge in [0.2, 0.25) is 11.8 Å². The Morgan fingerprint density at radius 2 is 1.93 bits per heavy atom. The van der Waals surface area contributed by atoms with Crippen molar-refractivity contribution in [3.05, 3.63) is 64.7 Å². The number of rotatable bonds is 5. The summed E-state index contributed by atoms with van der Waals surface area (Å²) in [7, 11) is 0. The first-order valence-corrected chi connectivity index (χ1v) is 9.46. The summed E-state index contributed by atoms with van der Waals surface area (Å²) in [5.41, 5.74) is 2.65. The molecule has 2 aromatic carbocycles. The highest BCUT2D eigenvalue weighted by Crippen LogP contribution is 2.23. The summed E-state index contributed by atoms with van der Waals surface area (Å²) in [4.78, 5) is 24.2. The van der Waals surface area contributed by atoms with Crippen molar-refractivity contribution in [1.29, 1.82) is 0 Å². The molecular formula is C19H17ClN4O2S. The first-order valence-electron chi connectivity index (χ1n) is 8.20. The van der Waals surface area contributed by atoms with Crippen LogP contribution in [0.3, 0.4) is 0 Å². The summed E-state index contributed by atoms with van der Waals surface area (Å²) in [6.45, 7) is 1.97. The zero-order chi connectivity index (χ0) is 19.2. The second kappa shape index (κ2) is 8.83. The van der Waals surface area contributed by atoms with Crippen molar-refractivity contribution >= 4 is 52.2 Å². The number of aryl methyl sites for hydroxylation is 1. The summed E-state index contributed by atoms with van der Waals surface area (Å²) < 4.78 is 0. The fraction of sp³-hybridized carbons (Fsp3) is 0.158. The van der Waals surface area contributed by atoms with Crippen LogP contribution in [0.5, 0.6) is 0 Å². The molecule has 2 N–H and O–H groups in total. The maximum absolute atomic E-state index is 12.1. The van der Waals surface area contributed by atoms with E-state index in [4.69, 9.17) is 11.6 Å². The number of carbonyl (C=O) groups excluding carboxylic acids is 2. The van der Waals surface area contributed by atoms with Crippen LogP contribution in [-0.4, -0.2) is 28.4 Å². The highest BCUT2D eigenvalue weighted by atomic mass is 35.5. The van der Waals surface area contributed by atoms with Crippen LogP contribution in [0.25, 0.3) is 0 Å². The Kier molecular flexibility index (Phi) is 6.26. The molecule has 6 nitrogen and oxygen atoms in total. The number of hydrogen-bond donors (Lipinski definition) is 2. The molecule has 3 rings (SSSR count). The lowest BCUT2D eigenvalue weighted by Crippen LogP contribution is -2.28. The Labute approximate surface area is 166 Å². The van der Waals surface area contributed by atoms with Gasteiger partial charge in [-0.1, -0.05) is 53.2 Å². The van der Waals surface area contributed by atoms with E-state index < -0.39 is 5.25 Å². The number of benzene rings is 2. The van der Waals surface area contributed by atoms with Gasteiger partial charge in [0.1, 0.15) is 5.25 Å². The molecule has 0 bridgehead atoms. The molecule has 1 saturated heterocycles. The van der Waals surface area contributed by atoms with Crippen molar-refractivity contribution in [2.24, 2.45) is 10.2 Å². The number of halogens is 1. The van der Waals surface area contributed by atoms with E-state index in [1.165, 1.54) is 11.8 Å². The third kappa shape index (κ3) is 5.67. The van der Waals surface area contributed by atoms with Crippen molar-refractivity contribution < 1.29 is 9.59 Å². The van der Waals surface area contributed by atoms with Gasteiger partial charge < -0.3 is 10.6 Å². The number of carbonyl (C=O) groups is 2. The average molecular weight is 401 g/mol. The Morgan fingerprint density at radius 3 is 2.63 bits per heavy atom. The molecule has 0 aromatic heterocycles. The minimum absolute atomic E-state index is 0.0598. The molecule has 0 saturated carbocycles. The van der Waals surface area contributed by atoms with E-state index in [0.29, 0.717) is 15.9 Å². The molecule has 1 atom stereocenters. The van der Waals surface area contributed by atoms with Crippen molar-refractivity contribution in [3.8, 4) is 0 Å². The molecule has 1 aliphatic heterocycles. The first kappa shape index (κ1) is 19.1. The van der Waals surface area contributed by atoms with Gasteiger partial charge in [0.15, 0.2) is 5.17 Å². The number of nitrogens with one attached hydrogen (secondary N) is 2. The van der Waals surface area contributed by atoms with Gasteiger partial charge in [0.25, 0.3) is 0 Å². The number of hydrogen-bond acceptors (Lipinski definition) is 5. The summed E-state index contributed by atoms with van der Waals surface area (Å²) >= 11 is 7.02. The molecule has 1 heterocycles. The maximum atomic E-state index is 12.1. The molecular weight excluding hydrogens is 384 g/mol. The SMILES string of the molecule is Cc1ccc(NC(=O)CC2S/C(=N/N=C/c3ccc(Cl)cc3)NC2=O)cc1. The Bertz CT molecular complexity index is 895. The highest BCUT2D eigenvalue weighted by molar-refractivity contribution is 8.15. The maximum Gasteiger partial charge on any atom is 0.240 e. The van der Waals surface area contributed by atoms with Crippen LogP contribution >= 0.6 is 23.4 Å². The summed E-state index contributed by atoms with van der Waals surface area (Å²) in [6.07, 6.45) is 1.62. The van der Waals surface area contributed by atoms with E-state index >= 15 is 0 Å². The minimum atomic E-state index is -0.528. The first-order chi connectivity index (χ1) is 13.0. The molecule has 27 heavy (non-hydrogen) atoms. The molecule has 2 aromatic rings. The molecule has 8 heteroatoms. The van der Waals surface area contributed by atoms with E-state index in [-0.39, 0.29) is 18.2 Å². The van der Waals surface area contributed by atoms with Gasteiger partial charge in [-0.2, -0.15) is 5.10 Å². The van der Waals surface area contributed by atoms with Gasteiger partial charge in [0, 0.05) is 17.1 Å². The summed E-state index contributed by atoms with van der Waals surface area (Å²) in [6, 6.07) is 14.6. The van der Waals surface area contributed by atoms with E-state index in [0.717, 1.165) is 11.1 Å². The van der Waals surface area contributed by atoms with Gasteiger partial charge in [-0.3, -0.25) is 9.59 Å². The molecule has 138 valence electrons. The number of nitrogens with zero attached hydrogens (tertiary/aromatic N) is 2. The van der Waals surface area contributed by atoms with Gasteiger partial charge >= 0.3 is 0 Å². The lowest BCUT2D eigenvalue weighted by Gasteiger charge is -2.07. The second-order valence-corrected chi connectivity index (χ2v) is 7.54. The van der Waals surface area contributed by atoms with E-state index in [1.807, 2.05) is 43.3 Å². The predicted molar refractivity (Wildman–Crippen MR) is 110 cm³/mol. The molecule has 0 aliphatic carbocycles. The van der Waals surface area contributed by atoms with Crippen LogP contribution in [0.2, 0.25) is 5.02 Å². The van der Waals surface area contributed by atoms with Crippen LogP contribution in [0, 0.1) is 6.92 Å². The largest absolute Gasteiger partial charge is 0.326 e. The third-order valence-electron chi connectivity index (χ3n) is 3.71. The molecule has 1 fully saturated rings. The normalized spacial score (nSPS) is 18.1. The second-order valence-electron chi connectivity index (χ2n) is 5.92. The van der Waals surface area contributed by atoms with E-state index in [9.17, 15) is 9.59 Å². The van der Waals surface area contributed by atoms with Crippen LogP contribution in [-0.2, 0) is 9.59 Å². The number of amides is 2. The van der Waals surface area contributed by atoms with Gasteiger partial charge in [-0.05, 0) is 36.8 Å². The molecule has 0 spiro atoms. The summed E-state index contributed by atoms with van der Waals surface area (Å²) in [5.74, 6) is -0.475. The zero-order valence-corrected chi connectivity index (χ0v) is 16.1. The minimum Gasteiger partial charge on any atom is -0.326 e. The van der Waals surface area contributed by atoms with E-state index in [2.05, 4.69) is 20.8 Å². The molecule has 0 radical (unpaired) electrons. The fourth-order valence-corrected chi connectivity index (χ4v) is 3.35. The van der Waals surface area contributed by atoms with Crippen LogP contribution < -0.4 is 10.6 Å². The van der Waals surface area contributed by atoms with Gasteiger partial charge in [-0.15, -0.1) is 5.10 Å². The molecule has 2 amide bonds. The van der Waals surface area contributed by atoms with Gasteiger partial charge in [0.05, 0.1) is 6.21 Å². The topological polar surface area (TPSA) is 82.9 Å². The smallest absolute Gasteiger partial charge is 0.240 e. The van der Waals surface area contributed by atoms with Crippen LogP contribution in [0.4, 0.5) is 5.69 Å². The van der Waals surface area contributed by atoms with Gasteiger partial charge in [-0.25, -0.2) is 0 Å². The predicted octanol–water partition coefficient (Wildman–Crippen LogP) is 3.60. The van der Waals surface area contributed by atoms with E-state index in [1.54, 1.807) is 18.3 Å². The van der Waals surface area contributed by atoms with Crippen molar-refractivity contribution in [1.82, 2.24) is 5.32 Å². The highest BCUT2D eigenvalue weighted by Gasteiger charge is 2.32. The molecule has 1 aliphatic rings. The van der Waals surface area contributed by atoms with Crippen molar-refractivity contribution in [2.45, 2.75) is 18.6 Å². The van der Waals surface area contributed by atoms with Crippen LogP contribution in [0.15, 0.2) is 58.7 Å². The standard InChI is InChI=1S/C19H17ClN4O2S/c1-12-2-8-15(9-3-12)22-17(25)10-16-18(26)23-19(27-16)24-21-11-13-4-6-14(20)7-5-13/h2-9,11,16H,10H2,1H3,(H,22,25)(H,23,24,26)/b21-11+. The third-order valence-corrected chi connectivity index (χ3v) is 5.03. The zero-order valence-electron chi connectivity index (χ0n) is 14.5. The van der Waals surface area contributed by atoms with Crippen molar-refractivity contribution in [3.63, 3.8) is 0 Å². The molecule has 1 unspecified atom stereocenters. The number of thioether (sulfide) groups is 1. The lowest BCUT2D eigenvalue weighted by molar-refractivity contribution is -0.122. The van der Waals surface area contributed by atoms with Crippen molar-refractivity contribution in [2.75, 3.05) is 5.32 Å². The number of amidine groups is 1.